The van der Waals surface area contributed by atoms with Gasteiger partial charge in [0.25, 0.3) is 0 Å². The molecule has 0 radical (unpaired) electrons. The summed E-state index contributed by atoms with van der Waals surface area (Å²) in [5.41, 5.74) is 0. The molecule has 102 valence electrons. The van der Waals surface area contributed by atoms with Crippen LogP contribution < -0.4 is 5.32 Å². The Balaban J connectivity index is 2.01. The molecule has 4 atom stereocenters. The van der Waals surface area contributed by atoms with Crippen molar-refractivity contribution in [2.45, 2.75) is 39.2 Å². The van der Waals surface area contributed by atoms with E-state index in [-0.39, 0.29) is 17.9 Å². The van der Waals surface area contributed by atoms with E-state index in [0.29, 0.717) is 25.0 Å². The fourth-order valence-electron chi connectivity index (χ4n) is 3.39. The Hall–Kier alpha value is -1.26. The molecule has 0 saturated heterocycles. The maximum atomic E-state index is 12.0. The second-order valence-electron chi connectivity index (χ2n) is 5.00. The van der Waals surface area contributed by atoms with Crippen LogP contribution in [0.3, 0.4) is 0 Å². The lowest BCUT2D eigenvalue weighted by Crippen LogP contribution is -2.47. The van der Waals surface area contributed by atoms with Gasteiger partial charge in [0.2, 0.25) is 0 Å². The van der Waals surface area contributed by atoms with Crippen molar-refractivity contribution >= 4 is 12.1 Å². The highest BCUT2D eigenvalue weighted by Gasteiger charge is 2.52. The van der Waals surface area contributed by atoms with E-state index in [1.165, 1.54) is 0 Å². The summed E-state index contributed by atoms with van der Waals surface area (Å²) < 4.78 is 10.0. The standard InChI is InChI=1S/C13H21NO4/c1-3-17-12(15)10-8-5-6-9(7-8)11(10)14-13(16)18-4-2/h8-11H,3-7H2,1-2H3,(H,14,16)/t8-,9+,10+,11-/m0/s1. The molecule has 2 aliphatic carbocycles. The number of fused-ring (bicyclic) bond motifs is 2. The normalized spacial score (nSPS) is 33.2. The van der Waals surface area contributed by atoms with Gasteiger partial charge in [0.05, 0.1) is 19.1 Å². The van der Waals surface area contributed by atoms with Crippen molar-refractivity contribution in [1.29, 1.82) is 0 Å². The van der Waals surface area contributed by atoms with E-state index in [9.17, 15) is 9.59 Å². The van der Waals surface area contributed by atoms with Crippen molar-refractivity contribution in [2.75, 3.05) is 13.2 Å². The van der Waals surface area contributed by atoms with Crippen LogP contribution in [0.2, 0.25) is 0 Å². The fraction of sp³-hybridized carbons (Fsp3) is 0.846. The second-order valence-corrected chi connectivity index (χ2v) is 5.00. The highest BCUT2D eigenvalue weighted by Crippen LogP contribution is 2.48. The molecule has 1 N–H and O–H groups in total. The molecule has 0 aromatic heterocycles. The van der Waals surface area contributed by atoms with Gasteiger partial charge in [-0.2, -0.15) is 0 Å². The van der Waals surface area contributed by atoms with Gasteiger partial charge in [-0.1, -0.05) is 0 Å². The number of hydrogen-bond acceptors (Lipinski definition) is 4. The van der Waals surface area contributed by atoms with Crippen molar-refractivity contribution in [1.82, 2.24) is 5.32 Å². The lowest BCUT2D eigenvalue weighted by Gasteiger charge is -2.29. The Labute approximate surface area is 107 Å². The van der Waals surface area contributed by atoms with Crippen LogP contribution in [0.5, 0.6) is 0 Å². The molecule has 0 aromatic carbocycles. The molecule has 2 saturated carbocycles. The minimum absolute atomic E-state index is 0.109. The van der Waals surface area contributed by atoms with Crippen LogP contribution in [0.1, 0.15) is 33.1 Å². The number of carbonyl (C=O) groups excluding carboxylic acids is 2. The summed E-state index contributed by atoms with van der Waals surface area (Å²) in [7, 11) is 0. The van der Waals surface area contributed by atoms with Gasteiger partial charge in [0.1, 0.15) is 0 Å². The summed E-state index contributed by atoms with van der Waals surface area (Å²) in [6.45, 7) is 4.30. The summed E-state index contributed by atoms with van der Waals surface area (Å²) in [5.74, 6) is 0.398. The molecule has 2 bridgehead atoms. The van der Waals surface area contributed by atoms with Gasteiger partial charge < -0.3 is 14.8 Å². The zero-order chi connectivity index (χ0) is 13.1. The largest absolute Gasteiger partial charge is 0.466 e. The van der Waals surface area contributed by atoms with Gasteiger partial charge in [-0.3, -0.25) is 4.79 Å². The van der Waals surface area contributed by atoms with Crippen molar-refractivity contribution in [2.24, 2.45) is 17.8 Å². The molecular weight excluding hydrogens is 234 g/mol. The number of amides is 1. The zero-order valence-corrected chi connectivity index (χ0v) is 11.0. The minimum Gasteiger partial charge on any atom is -0.466 e. The van der Waals surface area contributed by atoms with Gasteiger partial charge in [0, 0.05) is 6.04 Å². The minimum atomic E-state index is -0.427. The highest BCUT2D eigenvalue weighted by atomic mass is 16.5. The third-order valence-corrected chi connectivity index (χ3v) is 4.04. The van der Waals surface area contributed by atoms with Crippen LogP contribution in [0, 0.1) is 17.8 Å². The smallest absolute Gasteiger partial charge is 0.407 e. The molecule has 0 heterocycles. The van der Waals surface area contributed by atoms with Crippen molar-refractivity contribution in [3.8, 4) is 0 Å². The van der Waals surface area contributed by atoms with E-state index in [1.54, 1.807) is 13.8 Å². The average Bonchev–Trinajstić information content (AvgIpc) is 2.90. The fourth-order valence-corrected chi connectivity index (χ4v) is 3.39. The summed E-state index contributed by atoms with van der Waals surface area (Å²) in [6, 6.07) is -0.109. The van der Waals surface area contributed by atoms with Gasteiger partial charge in [-0.25, -0.2) is 4.79 Å². The quantitative estimate of drug-likeness (QED) is 0.777. The van der Waals surface area contributed by atoms with Crippen LogP contribution in [0.4, 0.5) is 4.79 Å². The number of hydrogen-bond donors (Lipinski definition) is 1. The first-order valence-electron chi connectivity index (χ1n) is 6.77. The number of rotatable bonds is 4. The van der Waals surface area contributed by atoms with Gasteiger partial charge in [0.15, 0.2) is 0 Å². The van der Waals surface area contributed by atoms with Crippen LogP contribution in [0.15, 0.2) is 0 Å². The first-order chi connectivity index (χ1) is 8.67. The molecule has 0 aromatic rings. The van der Waals surface area contributed by atoms with Crippen molar-refractivity contribution in [3.05, 3.63) is 0 Å². The molecule has 2 fully saturated rings. The third-order valence-electron chi connectivity index (χ3n) is 4.04. The van der Waals surface area contributed by atoms with Gasteiger partial charge in [-0.05, 0) is 44.9 Å². The molecular formula is C13H21NO4. The number of carbonyl (C=O) groups is 2. The maximum Gasteiger partial charge on any atom is 0.407 e. The lowest BCUT2D eigenvalue weighted by molar-refractivity contribution is -0.150. The van der Waals surface area contributed by atoms with E-state index in [4.69, 9.17) is 9.47 Å². The third kappa shape index (κ3) is 2.44. The Bertz CT molecular complexity index is 331. The molecule has 2 aliphatic rings. The predicted octanol–water partition coefficient (Wildman–Crippen LogP) is 1.71. The lowest BCUT2D eigenvalue weighted by atomic mass is 9.84. The van der Waals surface area contributed by atoms with Crippen LogP contribution >= 0.6 is 0 Å². The molecule has 2 rings (SSSR count). The van der Waals surface area contributed by atoms with E-state index in [1.807, 2.05) is 0 Å². The highest BCUT2D eigenvalue weighted by molar-refractivity contribution is 5.76. The molecule has 1 amide bonds. The summed E-state index contributed by atoms with van der Waals surface area (Å²) in [5, 5.41) is 2.84. The maximum absolute atomic E-state index is 12.0. The Kier molecular flexibility index (Phi) is 4.09. The van der Waals surface area contributed by atoms with E-state index in [2.05, 4.69) is 5.32 Å². The SMILES string of the molecule is CCOC(=O)N[C@H]1[C@@H]2CC[C@@H](C2)[C@H]1C(=O)OCC. The predicted molar refractivity (Wildman–Crippen MR) is 64.9 cm³/mol. The molecule has 0 spiro atoms. The Morgan fingerprint density at radius 2 is 1.78 bits per heavy atom. The average molecular weight is 255 g/mol. The second kappa shape index (κ2) is 5.59. The van der Waals surface area contributed by atoms with Crippen LogP contribution in [-0.2, 0) is 14.3 Å². The van der Waals surface area contributed by atoms with Crippen LogP contribution in [-0.4, -0.2) is 31.3 Å². The summed E-state index contributed by atoms with van der Waals surface area (Å²) in [6.07, 6.45) is 2.73. The molecule has 5 heteroatoms. The Morgan fingerprint density at radius 1 is 1.11 bits per heavy atom. The first-order valence-corrected chi connectivity index (χ1v) is 6.77. The molecule has 0 unspecified atom stereocenters. The Morgan fingerprint density at radius 3 is 2.44 bits per heavy atom. The van der Waals surface area contributed by atoms with Crippen molar-refractivity contribution < 1.29 is 19.1 Å². The van der Waals surface area contributed by atoms with Gasteiger partial charge >= 0.3 is 12.1 Å². The van der Waals surface area contributed by atoms with Gasteiger partial charge in [-0.15, -0.1) is 0 Å². The number of nitrogens with one attached hydrogen (secondary N) is 1. The zero-order valence-electron chi connectivity index (χ0n) is 11.0. The van der Waals surface area contributed by atoms with E-state index < -0.39 is 6.09 Å². The number of esters is 1. The first kappa shape index (κ1) is 13.2. The molecule has 0 aliphatic heterocycles. The topological polar surface area (TPSA) is 64.6 Å². The van der Waals surface area contributed by atoms with E-state index in [0.717, 1.165) is 19.3 Å². The van der Waals surface area contributed by atoms with Crippen LogP contribution in [0.25, 0.3) is 0 Å². The van der Waals surface area contributed by atoms with E-state index >= 15 is 0 Å². The summed E-state index contributed by atoms with van der Waals surface area (Å²) in [4.78, 5) is 23.5. The number of alkyl carbamates (subject to hydrolysis) is 1. The molecule has 5 nitrogen and oxygen atoms in total. The monoisotopic (exact) mass is 255 g/mol. The summed E-state index contributed by atoms with van der Waals surface area (Å²) >= 11 is 0. The van der Waals surface area contributed by atoms with Crippen molar-refractivity contribution in [3.63, 3.8) is 0 Å². The molecule has 18 heavy (non-hydrogen) atoms. The number of ether oxygens (including phenoxy) is 2.